The molecule has 0 aliphatic carbocycles. The normalized spacial score (nSPS) is 13.7. The molecule has 0 saturated carbocycles. The van der Waals surface area contributed by atoms with Gasteiger partial charge in [0.05, 0.1) is 11.9 Å². The van der Waals surface area contributed by atoms with Crippen LogP contribution < -0.4 is 9.62 Å². The molecule has 0 heterocycles. The van der Waals surface area contributed by atoms with Gasteiger partial charge in [-0.1, -0.05) is 37.3 Å². The molecule has 2 aromatic carbocycles. The van der Waals surface area contributed by atoms with Gasteiger partial charge in [0.2, 0.25) is 15.9 Å². The van der Waals surface area contributed by atoms with Crippen LogP contribution in [0.2, 0.25) is 0 Å². The number of anilines is 1. The van der Waals surface area contributed by atoms with Crippen molar-refractivity contribution in [2.75, 3.05) is 17.1 Å². The van der Waals surface area contributed by atoms with Crippen molar-refractivity contribution in [3.8, 4) is 0 Å². The third kappa shape index (κ3) is 5.05. The molecular formula is C19H23FN2O3S. The monoisotopic (exact) mass is 378 g/mol. The molecule has 1 amide bonds. The van der Waals surface area contributed by atoms with Gasteiger partial charge in [0.25, 0.3) is 0 Å². The lowest BCUT2D eigenvalue weighted by atomic mass is 10.0. The van der Waals surface area contributed by atoms with E-state index in [4.69, 9.17) is 0 Å². The fourth-order valence-corrected chi connectivity index (χ4v) is 3.87. The second-order valence-corrected chi connectivity index (χ2v) is 8.13. The number of nitrogens with zero attached hydrogens (tertiary/aromatic N) is 1. The first-order valence-electron chi connectivity index (χ1n) is 8.27. The van der Waals surface area contributed by atoms with E-state index in [1.54, 1.807) is 0 Å². The topological polar surface area (TPSA) is 66.5 Å². The lowest BCUT2D eigenvalue weighted by Crippen LogP contribution is -2.48. The van der Waals surface area contributed by atoms with Gasteiger partial charge < -0.3 is 5.32 Å². The maximum Gasteiger partial charge on any atom is 0.243 e. The van der Waals surface area contributed by atoms with Gasteiger partial charge in [-0.05, 0) is 42.7 Å². The first-order chi connectivity index (χ1) is 12.2. The molecule has 140 valence electrons. The Bertz CT molecular complexity index is 839. The summed E-state index contributed by atoms with van der Waals surface area (Å²) in [6.07, 6.45) is 1.02. The molecule has 26 heavy (non-hydrogen) atoms. The Morgan fingerprint density at radius 2 is 1.65 bits per heavy atom. The van der Waals surface area contributed by atoms with E-state index in [1.807, 2.05) is 37.3 Å². The summed E-state index contributed by atoms with van der Waals surface area (Å²) in [4.78, 5) is 12.5. The third-order valence-electron chi connectivity index (χ3n) is 4.12. The van der Waals surface area contributed by atoms with Crippen LogP contribution in [-0.2, 0) is 14.8 Å². The predicted octanol–water partition coefficient (Wildman–Crippen LogP) is 2.90. The van der Waals surface area contributed by atoms with Gasteiger partial charge in [-0.2, -0.15) is 0 Å². The number of benzene rings is 2. The van der Waals surface area contributed by atoms with Gasteiger partial charge in [0.15, 0.2) is 0 Å². The van der Waals surface area contributed by atoms with E-state index >= 15 is 0 Å². The summed E-state index contributed by atoms with van der Waals surface area (Å²) in [6, 6.07) is 13.8. The van der Waals surface area contributed by atoms with E-state index in [0.29, 0.717) is 6.54 Å². The molecule has 5 nitrogen and oxygen atoms in total. The van der Waals surface area contributed by atoms with Crippen molar-refractivity contribution in [2.45, 2.75) is 25.8 Å². The van der Waals surface area contributed by atoms with Crippen LogP contribution in [0, 0.1) is 5.82 Å². The van der Waals surface area contributed by atoms with Crippen molar-refractivity contribution in [1.82, 2.24) is 5.32 Å². The summed E-state index contributed by atoms with van der Waals surface area (Å²) < 4.78 is 38.5. The van der Waals surface area contributed by atoms with Crippen LogP contribution in [-0.4, -0.2) is 33.2 Å². The molecule has 0 spiro atoms. The lowest BCUT2D eigenvalue weighted by molar-refractivity contribution is -0.121. The number of hydrogen-bond donors (Lipinski definition) is 1. The molecule has 0 unspecified atom stereocenters. The van der Waals surface area contributed by atoms with E-state index in [1.165, 1.54) is 19.1 Å². The number of amides is 1. The van der Waals surface area contributed by atoms with E-state index in [2.05, 4.69) is 5.32 Å². The van der Waals surface area contributed by atoms with Crippen molar-refractivity contribution >= 4 is 21.6 Å². The minimum Gasteiger partial charge on any atom is -0.354 e. The molecule has 2 aromatic rings. The largest absolute Gasteiger partial charge is 0.354 e. The number of hydrogen-bond acceptors (Lipinski definition) is 3. The maximum absolute atomic E-state index is 13.1. The van der Waals surface area contributed by atoms with Crippen molar-refractivity contribution in [3.63, 3.8) is 0 Å². The Balaban J connectivity index is 2.11. The van der Waals surface area contributed by atoms with Gasteiger partial charge in [-0.3, -0.25) is 9.10 Å². The molecule has 0 aromatic heterocycles. The molecule has 0 aliphatic heterocycles. The SMILES string of the molecule is C[C@H](CNC(=O)[C@@H](C)N(c1ccc(F)cc1)S(C)(=O)=O)c1ccccc1. The Morgan fingerprint density at radius 3 is 2.19 bits per heavy atom. The summed E-state index contributed by atoms with van der Waals surface area (Å²) in [5.41, 5.74) is 1.33. The van der Waals surface area contributed by atoms with Gasteiger partial charge in [-0.15, -0.1) is 0 Å². The fraction of sp³-hybridized carbons (Fsp3) is 0.316. The second-order valence-electron chi connectivity index (χ2n) is 6.27. The number of carbonyl (C=O) groups is 1. The Kier molecular flexibility index (Phi) is 6.37. The lowest BCUT2D eigenvalue weighted by Gasteiger charge is -2.28. The fourth-order valence-electron chi connectivity index (χ4n) is 2.70. The number of nitrogens with one attached hydrogen (secondary N) is 1. The predicted molar refractivity (Wildman–Crippen MR) is 101 cm³/mol. The van der Waals surface area contributed by atoms with Gasteiger partial charge in [0.1, 0.15) is 11.9 Å². The molecule has 0 bridgehead atoms. The second kappa shape index (κ2) is 8.31. The Hall–Kier alpha value is -2.41. The maximum atomic E-state index is 13.1. The molecule has 0 radical (unpaired) electrons. The molecular weight excluding hydrogens is 355 g/mol. The standard InChI is InChI=1S/C19H23FN2O3S/c1-14(16-7-5-4-6-8-16)13-21-19(23)15(2)22(26(3,24)25)18-11-9-17(20)10-12-18/h4-12,14-15H,13H2,1-3H3,(H,21,23)/t14-,15-/m1/s1. The van der Waals surface area contributed by atoms with Crippen molar-refractivity contribution < 1.29 is 17.6 Å². The first kappa shape index (κ1) is 19.9. The Labute approximate surface area is 153 Å². The van der Waals surface area contributed by atoms with Gasteiger partial charge in [0, 0.05) is 6.54 Å². The number of sulfonamides is 1. The Morgan fingerprint density at radius 1 is 1.08 bits per heavy atom. The summed E-state index contributed by atoms with van der Waals surface area (Å²) in [5, 5.41) is 2.80. The summed E-state index contributed by atoms with van der Waals surface area (Å²) in [6.45, 7) is 3.87. The molecule has 0 fully saturated rings. The van der Waals surface area contributed by atoms with Crippen LogP contribution in [0.25, 0.3) is 0 Å². The van der Waals surface area contributed by atoms with E-state index in [9.17, 15) is 17.6 Å². The molecule has 0 saturated heterocycles. The number of rotatable bonds is 7. The molecule has 0 aliphatic rings. The van der Waals surface area contributed by atoms with E-state index < -0.39 is 27.8 Å². The highest BCUT2D eigenvalue weighted by molar-refractivity contribution is 7.92. The van der Waals surface area contributed by atoms with E-state index in [0.717, 1.165) is 28.3 Å². The van der Waals surface area contributed by atoms with Crippen LogP contribution in [0.1, 0.15) is 25.3 Å². The zero-order chi connectivity index (χ0) is 19.3. The van der Waals surface area contributed by atoms with Crippen molar-refractivity contribution in [2.24, 2.45) is 0 Å². The van der Waals surface area contributed by atoms with Crippen molar-refractivity contribution in [3.05, 3.63) is 66.0 Å². The van der Waals surface area contributed by atoms with Crippen LogP contribution >= 0.6 is 0 Å². The van der Waals surface area contributed by atoms with Crippen LogP contribution in [0.5, 0.6) is 0 Å². The summed E-state index contributed by atoms with van der Waals surface area (Å²) in [5.74, 6) is -0.802. The highest BCUT2D eigenvalue weighted by Crippen LogP contribution is 2.21. The quantitative estimate of drug-likeness (QED) is 0.806. The minimum atomic E-state index is -3.72. The number of halogens is 1. The zero-order valence-corrected chi connectivity index (χ0v) is 15.8. The average molecular weight is 378 g/mol. The summed E-state index contributed by atoms with van der Waals surface area (Å²) in [7, 11) is -3.72. The minimum absolute atomic E-state index is 0.0878. The highest BCUT2D eigenvalue weighted by atomic mass is 32.2. The summed E-state index contributed by atoms with van der Waals surface area (Å²) >= 11 is 0. The highest BCUT2D eigenvalue weighted by Gasteiger charge is 2.29. The van der Waals surface area contributed by atoms with Crippen LogP contribution in [0.3, 0.4) is 0 Å². The first-order valence-corrected chi connectivity index (χ1v) is 10.1. The van der Waals surface area contributed by atoms with Gasteiger partial charge in [-0.25, -0.2) is 12.8 Å². The molecule has 7 heteroatoms. The van der Waals surface area contributed by atoms with Crippen LogP contribution in [0.4, 0.5) is 10.1 Å². The molecule has 2 atom stereocenters. The van der Waals surface area contributed by atoms with E-state index in [-0.39, 0.29) is 11.6 Å². The van der Waals surface area contributed by atoms with Crippen LogP contribution in [0.15, 0.2) is 54.6 Å². The zero-order valence-electron chi connectivity index (χ0n) is 15.0. The molecule has 1 N–H and O–H groups in total. The third-order valence-corrected chi connectivity index (χ3v) is 5.36. The van der Waals surface area contributed by atoms with Crippen molar-refractivity contribution in [1.29, 1.82) is 0 Å². The van der Waals surface area contributed by atoms with Gasteiger partial charge >= 0.3 is 0 Å². The molecule has 2 rings (SSSR count). The smallest absolute Gasteiger partial charge is 0.243 e. The average Bonchev–Trinajstić information content (AvgIpc) is 2.60. The number of carbonyl (C=O) groups excluding carboxylic acids is 1.